The lowest BCUT2D eigenvalue weighted by atomic mass is 10.2. The van der Waals surface area contributed by atoms with E-state index in [9.17, 15) is 4.79 Å². The second-order valence-corrected chi connectivity index (χ2v) is 6.38. The summed E-state index contributed by atoms with van der Waals surface area (Å²) in [4.78, 5) is 9.18. The van der Waals surface area contributed by atoms with E-state index in [1.807, 2.05) is 24.3 Å². The monoisotopic (exact) mass is 353 g/mol. The summed E-state index contributed by atoms with van der Waals surface area (Å²) >= 11 is 0. The third-order valence-electron chi connectivity index (χ3n) is 3.81. The molecule has 26 heavy (non-hydrogen) atoms. The van der Waals surface area contributed by atoms with Crippen molar-refractivity contribution in [2.75, 3.05) is 6.61 Å². The van der Waals surface area contributed by atoms with Crippen molar-refractivity contribution < 1.29 is 14.3 Å². The predicted molar refractivity (Wildman–Crippen MR) is 105 cm³/mol. The summed E-state index contributed by atoms with van der Waals surface area (Å²) in [6, 6.07) is 18.7. The van der Waals surface area contributed by atoms with Crippen LogP contribution in [0.3, 0.4) is 0 Å². The highest BCUT2D eigenvalue weighted by Crippen LogP contribution is 2.27. The number of aromatic nitrogens is 1. The van der Waals surface area contributed by atoms with Gasteiger partial charge in [-0.3, -0.25) is 4.79 Å². The van der Waals surface area contributed by atoms with E-state index in [0.29, 0.717) is 25.6 Å². The van der Waals surface area contributed by atoms with Crippen LogP contribution in [0.5, 0.6) is 5.75 Å². The van der Waals surface area contributed by atoms with Crippen molar-refractivity contribution in [3.05, 3.63) is 66.4 Å². The first kappa shape index (κ1) is 19.6. The molecule has 1 heterocycles. The SMILES string of the molecule is CC(C)Cn1ccc2c(OCc3ccccc3)cccc21.CCOC=O. The largest absolute Gasteiger partial charge is 0.488 e. The van der Waals surface area contributed by atoms with Gasteiger partial charge in [-0.25, -0.2) is 0 Å². The fourth-order valence-electron chi connectivity index (χ4n) is 2.68. The van der Waals surface area contributed by atoms with Crippen LogP contribution in [-0.4, -0.2) is 17.6 Å². The minimum absolute atomic E-state index is 0.431. The molecule has 0 saturated carbocycles. The molecule has 1 aromatic heterocycles. The Morgan fingerprint density at radius 2 is 1.81 bits per heavy atom. The minimum atomic E-state index is 0.431. The number of hydrogen-bond donors (Lipinski definition) is 0. The van der Waals surface area contributed by atoms with Crippen LogP contribution in [0.1, 0.15) is 26.3 Å². The lowest BCUT2D eigenvalue weighted by Gasteiger charge is -2.10. The summed E-state index contributed by atoms with van der Waals surface area (Å²) in [5.74, 6) is 1.59. The summed E-state index contributed by atoms with van der Waals surface area (Å²) in [6.45, 7) is 8.78. The lowest BCUT2D eigenvalue weighted by molar-refractivity contribution is -0.128. The summed E-state index contributed by atoms with van der Waals surface area (Å²) < 4.78 is 12.5. The number of rotatable bonds is 7. The van der Waals surface area contributed by atoms with Crippen molar-refractivity contribution in [1.82, 2.24) is 4.57 Å². The van der Waals surface area contributed by atoms with Crippen LogP contribution in [0.2, 0.25) is 0 Å². The third kappa shape index (κ3) is 5.66. The first-order chi connectivity index (χ1) is 12.7. The Balaban J connectivity index is 0.000000431. The zero-order valence-electron chi connectivity index (χ0n) is 15.7. The maximum absolute atomic E-state index is 9.18. The molecule has 0 spiro atoms. The highest BCUT2D eigenvalue weighted by Gasteiger charge is 2.07. The molecular formula is C22H27NO3. The number of carbonyl (C=O) groups excluding carboxylic acids is 1. The quantitative estimate of drug-likeness (QED) is 0.558. The van der Waals surface area contributed by atoms with Gasteiger partial charge in [-0.2, -0.15) is 0 Å². The standard InChI is InChI=1S/C19H21NO.C3H6O2/c1-15(2)13-20-12-11-17-18(20)9-6-10-19(17)21-14-16-7-4-3-5-8-16;1-2-5-3-4/h3-12,15H,13-14H2,1-2H3;3H,2H2,1H3. The molecule has 0 atom stereocenters. The van der Waals surface area contributed by atoms with Gasteiger partial charge in [-0.15, -0.1) is 0 Å². The van der Waals surface area contributed by atoms with E-state index in [0.717, 1.165) is 12.3 Å². The van der Waals surface area contributed by atoms with Gasteiger partial charge in [0.05, 0.1) is 12.1 Å². The molecule has 0 bridgehead atoms. The second-order valence-electron chi connectivity index (χ2n) is 6.38. The number of hydrogen-bond acceptors (Lipinski definition) is 3. The van der Waals surface area contributed by atoms with E-state index in [-0.39, 0.29) is 0 Å². The number of benzene rings is 2. The first-order valence-corrected chi connectivity index (χ1v) is 8.95. The molecule has 4 nitrogen and oxygen atoms in total. The van der Waals surface area contributed by atoms with E-state index >= 15 is 0 Å². The molecule has 3 aromatic rings. The Morgan fingerprint density at radius 3 is 2.42 bits per heavy atom. The molecule has 0 aliphatic heterocycles. The van der Waals surface area contributed by atoms with Gasteiger partial charge in [0.1, 0.15) is 12.4 Å². The van der Waals surface area contributed by atoms with Crippen molar-refractivity contribution in [3.63, 3.8) is 0 Å². The van der Waals surface area contributed by atoms with Gasteiger partial charge < -0.3 is 14.0 Å². The average molecular weight is 353 g/mol. The fourth-order valence-corrected chi connectivity index (χ4v) is 2.68. The van der Waals surface area contributed by atoms with Gasteiger partial charge in [0.2, 0.25) is 0 Å². The summed E-state index contributed by atoms with van der Waals surface area (Å²) in [7, 11) is 0. The third-order valence-corrected chi connectivity index (χ3v) is 3.81. The normalized spacial score (nSPS) is 10.3. The van der Waals surface area contributed by atoms with Gasteiger partial charge in [-0.1, -0.05) is 50.2 Å². The minimum Gasteiger partial charge on any atom is -0.488 e. The van der Waals surface area contributed by atoms with Gasteiger partial charge in [0.15, 0.2) is 0 Å². The predicted octanol–water partition coefficient (Wildman–Crippen LogP) is 5.06. The van der Waals surface area contributed by atoms with Crippen LogP contribution in [0.15, 0.2) is 60.8 Å². The molecule has 0 radical (unpaired) electrons. The van der Waals surface area contributed by atoms with E-state index in [1.165, 1.54) is 16.5 Å². The lowest BCUT2D eigenvalue weighted by Crippen LogP contribution is -2.02. The molecule has 0 aliphatic carbocycles. The average Bonchev–Trinajstić information content (AvgIpc) is 3.05. The maximum atomic E-state index is 9.18. The molecule has 0 aliphatic rings. The Kier molecular flexibility index (Phi) is 7.75. The van der Waals surface area contributed by atoms with Crippen LogP contribution in [0.4, 0.5) is 0 Å². The molecule has 4 heteroatoms. The van der Waals surface area contributed by atoms with E-state index in [2.05, 4.69) is 59.7 Å². The van der Waals surface area contributed by atoms with Gasteiger partial charge in [0.25, 0.3) is 6.47 Å². The van der Waals surface area contributed by atoms with Crippen LogP contribution in [0, 0.1) is 5.92 Å². The molecule has 0 unspecified atom stereocenters. The molecule has 0 amide bonds. The van der Waals surface area contributed by atoms with Crippen molar-refractivity contribution >= 4 is 17.4 Å². The number of nitrogens with zero attached hydrogens (tertiary/aromatic N) is 1. The number of fused-ring (bicyclic) bond motifs is 1. The molecule has 138 valence electrons. The van der Waals surface area contributed by atoms with Crippen molar-refractivity contribution in [2.45, 2.75) is 33.9 Å². The van der Waals surface area contributed by atoms with Crippen molar-refractivity contribution in [1.29, 1.82) is 0 Å². The molecule has 0 N–H and O–H groups in total. The van der Waals surface area contributed by atoms with E-state index in [1.54, 1.807) is 6.92 Å². The van der Waals surface area contributed by atoms with Crippen molar-refractivity contribution in [3.8, 4) is 5.75 Å². The summed E-state index contributed by atoms with van der Waals surface area (Å²) in [5, 5.41) is 1.19. The molecule has 3 rings (SSSR count). The fraction of sp³-hybridized carbons (Fsp3) is 0.318. The number of carbonyl (C=O) groups is 1. The second kappa shape index (κ2) is 10.3. The van der Waals surface area contributed by atoms with Gasteiger partial charge in [-0.05, 0) is 36.6 Å². The smallest absolute Gasteiger partial charge is 0.293 e. The van der Waals surface area contributed by atoms with Crippen LogP contribution in [0.25, 0.3) is 10.9 Å². The summed E-state index contributed by atoms with van der Waals surface area (Å²) in [6.07, 6.45) is 2.15. The highest BCUT2D eigenvalue weighted by molar-refractivity contribution is 5.86. The van der Waals surface area contributed by atoms with E-state index < -0.39 is 0 Å². The maximum Gasteiger partial charge on any atom is 0.293 e. The van der Waals surface area contributed by atoms with Crippen molar-refractivity contribution in [2.24, 2.45) is 5.92 Å². The van der Waals surface area contributed by atoms with Crippen LogP contribution in [-0.2, 0) is 22.7 Å². The summed E-state index contributed by atoms with van der Waals surface area (Å²) in [5.41, 5.74) is 2.44. The molecular weight excluding hydrogens is 326 g/mol. The molecule has 0 fully saturated rings. The van der Waals surface area contributed by atoms with Gasteiger partial charge in [0, 0.05) is 18.1 Å². The Bertz CT molecular complexity index is 794. The topological polar surface area (TPSA) is 40.5 Å². The van der Waals surface area contributed by atoms with E-state index in [4.69, 9.17) is 4.74 Å². The zero-order chi connectivity index (χ0) is 18.8. The Labute approximate surface area is 155 Å². The molecule has 0 saturated heterocycles. The highest BCUT2D eigenvalue weighted by atomic mass is 16.5. The zero-order valence-corrected chi connectivity index (χ0v) is 15.7. The van der Waals surface area contributed by atoms with Gasteiger partial charge >= 0.3 is 0 Å². The molecule has 2 aromatic carbocycles. The Hall–Kier alpha value is -2.75. The Morgan fingerprint density at radius 1 is 1.04 bits per heavy atom. The van der Waals surface area contributed by atoms with Crippen LogP contribution >= 0.6 is 0 Å². The number of ether oxygens (including phenoxy) is 2. The van der Waals surface area contributed by atoms with Crippen LogP contribution < -0.4 is 4.74 Å². The first-order valence-electron chi connectivity index (χ1n) is 8.95.